The Labute approximate surface area is 375 Å². The van der Waals surface area contributed by atoms with Crippen LogP contribution < -0.4 is 15.1 Å². The number of fused-ring (bicyclic) bond motifs is 4. The molecule has 17 heteroatoms. The third-order valence-electron chi connectivity index (χ3n) is 12.6. The number of carbonyl (C=O) groups excluding carboxylic acids is 5. The maximum absolute atomic E-state index is 15.5. The number of nitrogens with zero attached hydrogens (tertiary/aromatic N) is 3. The first kappa shape index (κ1) is 42.3. The van der Waals surface area contributed by atoms with E-state index in [1.807, 2.05) is 0 Å². The second-order valence-corrected chi connectivity index (χ2v) is 17.5. The van der Waals surface area contributed by atoms with Gasteiger partial charge in [0.2, 0.25) is 11.8 Å². The van der Waals surface area contributed by atoms with Crippen LogP contribution in [0.4, 0.5) is 24.7 Å². The van der Waals surface area contributed by atoms with E-state index in [1.165, 1.54) is 37.4 Å². The molecule has 2 N–H and O–H groups in total. The Hall–Kier alpha value is -6.03. The Morgan fingerprint density at radius 3 is 2.24 bits per heavy atom. The summed E-state index contributed by atoms with van der Waals surface area (Å²) >= 11 is 16.2. The number of aromatic nitrogens is 1. The maximum atomic E-state index is 15.5. The van der Waals surface area contributed by atoms with Crippen LogP contribution in [0.25, 0.3) is 0 Å². The summed E-state index contributed by atoms with van der Waals surface area (Å²) in [6, 6.07) is 24.7. The highest BCUT2D eigenvalue weighted by atomic mass is 79.9. The fraction of sp³-hybridized carbons (Fsp3) is 0.217. The smallest absolute Gasteiger partial charge is 0.417 e. The Balaban J connectivity index is 1.18. The topological polar surface area (TPSA) is 146 Å². The van der Waals surface area contributed by atoms with Gasteiger partial charge in [-0.1, -0.05) is 93.2 Å². The number of allylic oxidation sites excluding steroid dienone is 2. The van der Waals surface area contributed by atoms with Gasteiger partial charge in [-0.3, -0.25) is 34.3 Å². The lowest BCUT2D eigenvalue weighted by atomic mass is 9.49. The van der Waals surface area contributed by atoms with Crippen molar-refractivity contribution in [3.8, 4) is 11.5 Å². The molecule has 11 nitrogen and oxygen atoms in total. The summed E-state index contributed by atoms with van der Waals surface area (Å²) in [5, 5.41) is 12.4. The number of ketones is 1. The first-order valence-corrected chi connectivity index (χ1v) is 21.1. The maximum Gasteiger partial charge on any atom is 0.417 e. The van der Waals surface area contributed by atoms with Crippen molar-refractivity contribution in [1.29, 1.82) is 0 Å². The first-order valence-electron chi connectivity index (χ1n) is 19.5. The number of nitrogens with one attached hydrogen (secondary N) is 1. The van der Waals surface area contributed by atoms with Crippen molar-refractivity contribution in [2.75, 3.05) is 17.4 Å². The average Bonchev–Trinajstić information content (AvgIpc) is 3.65. The highest BCUT2D eigenvalue weighted by molar-refractivity contribution is 9.10. The van der Waals surface area contributed by atoms with Gasteiger partial charge in [-0.15, -0.1) is 0 Å². The van der Waals surface area contributed by atoms with E-state index in [1.54, 1.807) is 66.7 Å². The molecule has 0 unspecified atom stereocenters. The van der Waals surface area contributed by atoms with Gasteiger partial charge in [-0.2, -0.15) is 18.2 Å². The Morgan fingerprint density at radius 2 is 1.59 bits per heavy atom. The van der Waals surface area contributed by atoms with Gasteiger partial charge in [-0.25, -0.2) is 4.98 Å². The summed E-state index contributed by atoms with van der Waals surface area (Å²) in [4.78, 5) is 77.8. The van der Waals surface area contributed by atoms with Crippen LogP contribution in [0.2, 0.25) is 10.0 Å². The number of anilines is 2. The highest BCUT2D eigenvalue weighted by Crippen LogP contribution is 2.65. The van der Waals surface area contributed by atoms with Crippen LogP contribution in [0.5, 0.6) is 11.5 Å². The largest absolute Gasteiger partial charge is 0.504 e. The van der Waals surface area contributed by atoms with Gasteiger partial charge < -0.3 is 9.84 Å². The molecule has 6 atom stereocenters. The molecule has 1 aromatic heterocycles. The molecule has 3 fully saturated rings. The lowest BCUT2D eigenvalue weighted by Gasteiger charge is -2.50. The molecular formula is C46H32BrCl2F3N4O7. The van der Waals surface area contributed by atoms with Crippen LogP contribution in [0.1, 0.15) is 51.4 Å². The van der Waals surface area contributed by atoms with Crippen LogP contribution in [0, 0.1) is 23.7 Å². The molecule has 4 aliphatic rings. The minimum Gasteiger partial charge on any atom is -0.504 e. The molecule has 1 saturated carbocycles. The third kappa shape index (κ3) is 6.70. The van der Waals surface area contributed by atoms with E-state index in [0.29, 0.717) is 49.0 Å². The molecule has 4 aromatic carbocycles. The normalized spacial score (nSPS) is 24.2. The molecule has 0 bridgehead atoms. The van der Waals surface area contributed by atoms with E-state index in [0.717, 1.165) is 4.90 Å². The van der Waals surface area contributed by atoms with Crippen LogP contribution in [0.3, 0.4) is 0 Å². The predicted molar refractivity (Wildman–Crippen MR) is 228 cm³/mol. The number of rotatable bonds is 8. The fourth-order valence-corrected chi connectivity index (χ4v) is 10.7. The molecule has 2 saturated heterocycles. The van der Waals surface area contributed by atoms with Crippen LogP contribution in [0.15, 0.2) is 119 Å². The quantitative estimate of drug-likeness (QED) is 0.0883. The van der Waals surface area contributed by atoms with Gasteiger partial charge in [0.25, 0.3) is 11.8 Å². The lowest BCUT2D eigenvalue weighted by molar-refractivity contribution is -0.139. The Bertz CT molecular complexity index is 2790. The first-order chi connectivity index (χ1) is 30.1. The standard InChI is InChI=1S/C46H32BrCl2F3N4O7/c1-63-35-19-26(47)18-32(39(35)58)37-29-15-16-30-36(43(61)55(41(30)59)28-13-7-23(8-14-28)38(57)22-5-3-2-4-6-22)31(29)20-33-42(60)56(44(62)45(33,37)24-9-11-27(48)12-10-24)54-40-34(49)17-25(21-53-40)46(50,51)52/h2-15,17-19,21,30-31,33,36-37,58H,16,20H2,1H3,(H,53,54)/t30-,31+,33-,36-,37+,45+/m0/s1. The van der Waals surface area contributed by atoms with E-state index >= 15 is 9.59 Å². The molecule has 3 heterocycles. The molecule has 5 aromatic rings. The van der Waals surface area contributed by atoms with E-state index in [2.05, 4.69) is 26.3 Å². The molecule has 9 rings (SSSR count). The van der Waals surface area contributed by atoms with E-state index in [4.69, 9.17) is 27.9 Å². The second kappa shape index (κ2) is 15.6. The zero-order chi connectivity index (χ0) is 44.7. The number of phenols is 1. The van der Waals surface area contributed by atoms with Crippen molar-refractivity contribution < 1.29 is 47.0 Å². The molecule has 63 heavy (non-hydrogen) atoms. The van der Waals surface area contributed by atoms with Gasteiger partial charge in [0.1, 0.15) is 0 Å². The number of halogens is 6. The van der Waals surface area contributed by atoms with Gasteiger partial charge in [0, 0.05) is 38.3 Å². The second-order valence-electron chi connectivity index (χ2n) is 15.7. The molecule has 0 radical (unpaired) electrons. The number of amides is 4. The van der Waals surface area contributed by atoms with Crippen molar-refractivity contribution in [2.24, 2.45) is 23.7 Å². The molecule has 2 aliphatic carbocycles. The molecular weight excluding hydrogens is 928 g/mol. The number of imide groups is 2. The minimum atomic E-state index is -4.79. The van der Waals surface area contributed by atoms with Crippen molar-refractivity contribution in [3.05, 3.63) is 157 Å². The van der Waals surface area contributed by atoms with Gasteiger partial charge in [0.05, 0.1) is 46.6 Å². The highest BCUT2D eigenvalue weighted by Gasteiger charge is 2.71. The van der Waals surface area contributed by atoms with Crippen molar-refractivity contribution >= 4 is 80.0 Å². The number of phenolic OH excluding ortho intramolecular Hbond substituents is 1. The number of aromatic hydroxyl groups is 1. The monoisotopic (exact) mass is 958 g/mol. The van der Waals surface area contributed by atoms with Gasteiger partial charge >= 0.3 is 6.18 Å². The lowest BCUT2D eigenvalue weighted by Crippen LogP contribution is -2.53. The summed E-state index contributed by atoms with van der Waals surface area (Å²) in [5.41, 5.74) is 1.53. The number of ether oxygens (including phenoxy) is 1. The van der Waals surface area contributed by atoms with Crippen molar-refractivity contribution in [2.45, 2.75) is 30.4 Å². The van der Waals surface area contributed by atoms with E-state index in [-0.39, 0.29) is 41.4 Å². The molecule has 0 spiro atoms. The van der Waals surface area contributed by atoms with Crippen molar-refractivity contribution in [1.82, 2.24) is 9.99 Å². The predicted octanol–water partition coefficient (Wildman–Crippen LogP) is 9.30. The summed E-state index contributed by atoms with van der Waals surface area (Å²) in [7, 11) is 1.34. The van der Waals surface area contributed by atoms with Crippen LogP contribution in [-0.4, -0.2) is 51.6 Å². The summed E-state index contributed by atoms with van der Waals surface area (Å²) in [6.45, 7) is 0. The molecule has 2 aliphatic heterocycles. The Morgan fingerprint density at radius 1 is 0.905 bits per heavy atom. The van der Waals surface area contributed by atoms with Crippen molar-refractivity contribution in [3.63, 3.8) is 0 Å². The van der Waals surface area contributed by atoms with Gasteiger partial charge in [-0.05, 0) is 78.9 Å². The minimum absolute atomic E-state index is 0.0265. The molecule has 320 valence electrons. The summed E-state index contributed by atoms with van der Waals surface area (Å²) in [5.74, 6) is -9.00. The zero-order valence-electron chi connectivity index (χ0n) is 32.7. The summed E-state index contributed by atoms with van der Waals surface area (Å²) < 4.78 is 46.7. The average molecular weight is 961 g/mol. The van der Waals surface area contributed by atoms with E-state index < -0.39 is 81.2 Å². The number of hydrogen-bond donors (Lipinski definition) is 2. The SMILES string of the molecule is COc1cc(Br)cc([C@H]2C3=CC[C@@H]4C(=O)N(c5ccc(C(=O)c6ccccc6)cc5)C(=O)[C@@H]4[C@@H]3C[C@H]3C(=O)N(Nc4ncc(C(F)(F)F)cc4Cl)C(=O)[C@@]23c2ccc(Cl)cc2)c1O. The van der Waals surface area contributed by atoms with Gasteiger partial charge in [0.15, 0.2) is 23.1 Å². The number of benzene rings is 4. The third-order valence-corrected chi connectivity index (χ3v) is 13.6. The Kier molecular flexibility index (Phi) is 10.5. The number of carbonyl (C=O) groups is 5. The number of hydrogen-bond acceptors (Lipinski definition) is 9. The van der Waals surface area contributed by atoms with E-state index in [9.17, 15) is 32.7 Å². The fourth-order valence-electron chi connectivity index (χ4n) is 9.87. The number of alkyl halides is 3. The number of methoxy groups -OCH3 is 1. The zero-order valence-corrected chi connectivity index (χ0v) is 35.8. The van der Waals surface area contributed by atoms with Crippen LogP contribution >= 0.6 is 39.1 Å². The number of hydrazine groups is 1. The number of pyridine rings is 1. The summed E-state index contributed by atoms with van der Waals surface area (Å²) in [6.07, 6.45) is -2.58. The van der Waals surface area contributed by atoms with Crippen LogP contribution in [-0.2, 0) is 30.8 Å². The molecule has 4 amide bonds.